The Labute approximate surface area is 202 Å². The summed E-state index contributed by atoms with van der Waals surface area (Å²) in [5.41, 5.74) is -0.218. The third kappa shape index (κ3) is 5.28. The second kappa shape index (κ2) is 10.3. The smallest absolute Gasteiger partial charge is 0.425 e. The quantitative estimate of drug-likeness (QED) is 0.375. The summed E-state index contributed by atoms with van der Waals surface area (Å²) >= 11 is 0. The minimum Gasteiger partial charge on any atom is -0.425 e. The van der Waals surface area contributed by atoms with Crippen molar-refractivity contribution in [2.24, 2.45) is 0 Å². The SMILES string of the molecule is CCn1c(=O)n(CCCO)c(=O)c2c1nc(Oc1cccc(OC(F)(F)F)c1)n2Cc1ccccc1. The molecule has 2 aromatic carbocycles. The molecule has 0 saturated carbocycles. The van der Waals surface area contributed by atoms with Crippen LogP contribution in [0.25, 0.3) is 11.2 Å². The van der Waals surface area contributed by atoms with Gasteiger partial charge in [0.05, 0.1) is 6.54 Å². The zero-order chi connectivity index (χ0) is 25.9. The summed E-state index contributed by atoms with van der Waals surface area (Å²) in [5.74, 6) is -0.491. The van der Waals surface area contributed by atoms with E-state index < -0.39 is 23.4 Å². The summed E-state index contributed by atoms with van der Waals surface area (Å²) < 4.78 is 51.6. The van der Waals surface area contributed by atoms with Gasteiger partial charge in [-0.3, -0.25) is 18.5 Å². The molecule has 2 heterocycles. The number of hydrogen-bond acceptors (Lipinski definition) is 6. The Morgan fingerprint density at radius 3 is 2.36 bits per heavy atom. The average molecular weight is 504 g/mol. The Balaban J connectivity index is 1.90. The number of ether oxygens (including phenoxy) is 2. The number of imidazole rings is 1. The first-order valence-corrected chi connectivity index (χ1v) is 11.1. The van der Waals surface area contributed by atoms with Crippen LogP contribution in [0.4, 0.5) is 13.2 Å². The Morgan fingerprint density at radius 2 is 1.69 bits per heavy atom. The number of aryl methyl sites for hydroxylation is 1. The fraction of sp³-hybridized carbons (Fsp3) is 0.292. The molecule has 4 aromatic rings. The molecular weight excluding hydrogens is 481 g/mol. The zero-order valence-electron chi connectivity index (χ0n) is 19.2. The monoisotopic (exact) mass is 504 g/mol. The number of aromatic nitrogens is 4. The van der Waals surface area contributed by atoms with Gasteiger partial charge < -0.3 is 14.6 Å². The van der Waals surface area contributed by atoms with Crippen molar-refractivity contribution in [3.8, 4) is 17.5 Å². The van der Waals surface area contributed by atoms with Crippen molar-refractivity contribution < 1.29 is 27.8 Å². The van der Waals surface area contributed by atoms with Gasteiger partial charge in [0.2, 0.25) is 0 Å². The van der Waals surface area contributed by atoms with Crippen molar-refractivity contribution in [1.29, 1.82) is 0 Å². The van der Waals surface area contributed by atoms with Crippen LogP contribution in [0.3, 0.4) is 0 Å². The minimum absolute atomic E-state index is 0.00707. The van der Waals surface area contributed by atoms with Gasteiger partial charge in [-0.2, -0.15) is 4.98 Å². The van der Waals surface area contributed by atoms with E-state index >= 15 is 0 Å². The molecule has 0 aliphatic carbocycles. The normalized spacial score (nSPS) is 11.7. The lowest BCUT2D eigenvalue weighted by atomic mass is 10.2. The molecule has 0 bridgehead atoms. The highest BCUT2D eigenvalue weighted by Crippen LogP contribution is 2.30. The number of halogens is 3. The van der Waals surface area contributed by atoms with Crippen molar-refractivity contribution >= 4 is 11.2 Å². The fourth-order valence-corrected chi connectivity index (χ4v) is 3.81. The maximum Gasteiger partial charge on any atom is 0.573 e. The summed E-state index contributed by atoms with van der Waals surface area (Å²) in [7, 11) is 0. The fourth-order valence-electron chi connectivity index (χ4n) is 3.81. The second-order valence-corrected chi connectivity index (χ2v) is 7.82. The van der Waals surface area contributed by atoms with E-state index in [9.17, 15) is 27.9 Å². The maximum atomic E-state index is 13.4. The number of nitrogens with zero attached hydrogens (tertiary/aromatic N) is 4. The Hall–Kier alpha value is -4.06. The van der Waals surface area contributed by atoms with Crippen LogP contribution in [0.2, 0.25) is 0 Å². The van der Waals surface area contributed by atoms with Gasteiger partial charge in [-0.25, -0.2) is 4.79 Å². The molecule has 36 heavy (non-hydrogen) atoms. The number of rotatable bonds is 9. The molecule has 0 saturated heterocycles. The number of aliphatic hydroxyl groups excluding tert-OH is 1. The van der Waals surface area contributed by atoms with Gasteiger partial charge in [-0.15, -0.1) is 13.2 Å². The van der Waals surface area contributed by atoms with E-state index in [2.05, 4.69) is 9.72 Å². The molecule has 1 N–H and O–H groups in total. The number of aliphatic hydroxyl groups is 1. The van der Waals surface area contributed by atoms with E-state index in [1.807, 2.05) is 30.3 Å². The molecular formula is C24H23F3N4O5. The van der Waals surface area contributed by atoms with Gasteiger partial charge in [-0.1, -0.05) is 36.4 Å². The number of benzene rings is 2. The Kier molecular flexibility index (Phi) is 7.15. The third-order valence-electron chi connectivity index (χ3n) is 5.37. The molecule has 0 fully saturated rings. The van der Waals surface area contributed by atoms with Crippen molar-refractivity contribution in [3.05, 3.63) is 81.0 Å². The van der Waals surface area contributed by atoms with E-state index in [-0.39, 0.29) is 55.6 Å². The Bertz CT molecular complexity index is 1480. The highest BCUT2D eigenvalue weighted by Gasteiger charge is 2.31. The first kappa shape index (κ1) is 25.0. The average Bonchev–Trinajstić information content (AvgIpc) is 3.16. The second-order valence-electron chi connectivity index (χ2n) is 7.82. The van der Waals surface area contributed by atoms with Gasteiger partial charge >= 0.3 is 18.1 Å². The molecule has 0 unspecified atom stereocenters. The van der Waals surface area contributed by atoms with Crippen LogP contribution in [0.1, 0.15) is 18.9 Å². The summed E-state index contributed by atoms with van der Waals surface area (Å²) in [6.07, 6.45) is -4.68. The summed E-state index contributed by atoms with van der Waals surface area (Å²) in [6.45, 7) is 1.86. The van der Waals surface area contributed by atoms with Crippen LogP contribution in [0, 0.1) is 0 Å². The van der Waals surface area contributed by atoms with E-state index in [0.29, 0.717) is 0 Å². The lowest BCUT2D eigenvalue weighted by Gasteiger charge is -2.13. The molecule has 12 heteroatoms. The first-order chi connectivity index (χ1) is 17.2. The van der Waals surface area contributed by atoms with E-state index in [1.165, 1.54) is 21.3 Å². The molecule has 9 nitrogen and oxygen atoms in total. The van der Waals surface area contributed by atoms with Gasteiger partial charge in [0.25, 0.3) is 5.56 Å². The van der Waals surface area contributed by atoms with Crippen LogP contribution >= 0.6 is 0 Å². The number of fused-ring (bicyclic) bond motifs is 1. The molecule has 0 atom stereocenters. The van der Waals surface area contributed by atoms with E-state index in [0.717, 1.165) is 22.3 Å². The molecule has 2 aromatic heterocycles. The molecule has 0 spiro atoms. The van der Waals surface area contributed by atoms with Crippen molar-refractivity contribution in [3.63, 3.8) is 0 Å². The van der Waals surface area contributed by atoms with Gasteiger partial charge in [-0.05, 0) is 31.0 Å². The zero-order valence-corrected chi connectivity index (χ0v) is 19.2. The highest BCUT2D eigenvalue weighted by atomic mass is 19.4. The maximum absolute atomic E-state index is 13.4. The lowest BCUT2D eigenvalue weighted by Crippen LogP contribution is -2.40. The molecule has 0 aliphatic heterocycles. The first-order valence-electron chi connectivity index (χ1n) is 11.1. The van der Waals surface area contributed by atoms with Crippen molar-refractivity contribution in [2.45, 2.75) is 39.3 Å². The summed E-state index contributed by atoms with van der Waals surface area (Å²) in [6, 6.07) is 13.9. The largest absolute Gasteiger partial charge is 0.573 e. The van der Waals surface area contributed by atoms with E-state index in [4.69, 9.17) is 4.74 Å². The molecule has 0 radical (unpaired) electrons. The predicted octanol–water partition coefficient (Wildman–Crippen LogP) is 3.50. The minimum atomic E-state index is -4.88. The van der Waals surface area contributed by atoms with Crippen LogP contribution in [0.15, 0.2) is 64.2 Å². The Morgan fingerprint density at radius 1 is 0.972 bits per heavy atom. The number of alkyl halides is 3. The third-order valence-corrected chi connectivity index (χ3v) is 5.37. The predicted molar refractivity (Wildman–Crippen MR) is 124 cm³/mol. The summed E-state index contributed by atoms with van der Waals surface area (Å²) in [5, 5.41) is 9.22. The highest BCUT2D eigenvalue weighted by molar-refractivity contribution is 5.72. The molecule has 190 valence electrons. The molecule has 0 amide bonds. The molecule has 0 aliphatic rings. The standard InChI is InChI=1S/C24H23F3N4O5/c1-2-29-20-19(21(33)30(23(29)34)12-7-13-32)31(15-16-8-4-3-5-9-16)22(28-20)35-17-10-6-11-18(14-17)36-24(25,26)27/h3-6,8-11,14,32H,2,7,12-13,15H2,1H3. The van der Waals surface area contributed by atoms with Crippen LogP contribution in [-0.4, -0.2) is 36.8 Å². The number of hydrogen-bond donors (Lipinski definition) is 1. The van der Waals surface area contributed by atoms with E-state index in [1.54, 1.807) is 6.92 Å². The lowest BCUT2D eigenvalue weighted by molar-refractivity contribution is -0.274. The van der Waals surface area contributed by atoms with Crippen molar-refractivity contribution in [1.82, 2.24) is 18.7 Å². The summed E-state index contributed by atoms with van der Waals surface area (Å²) in [4.78, 5) is 30.8. The van der Waals surface area contributed by atoms with Crippen LogP contribution in [-0.2, 0) is 19.6 Å². The van der Waals surface area contributed by atoms with Crippen LogP contribution < -0.4 is 20.7 Å². The van der Waals surface area contributed by atoms with Crippen LogP contribution in [0.5, 0.6) is 17.5 Å². The van der Waals surface area contributed by atoms with Gasteiger partial charge in [0.15, 0.2) is 11.2 Å². The van der Waals surface area contributed by atoms with Gasteiger partial charge in [0, 0.05) is 25.8 Å². The topological polar surface area (TPSA) is 101 Å². The van der Waals surface area contributed by atoms with Crippen molar-refractivity contribution in [2.75, 3.05) is 6.61 Å². The van der Waals surface area contributed by atoms with Gasteiger partial charge in [0.1, 0.15) is 11.5 Å². The molecule has 4 rings (SSSR count).